The lowest BCUT2D eigenvalue weighted by molar-refractivity contribution is -0.275. The molecule has 1 amide bonds. The van der Waals surface area contributed by atoms with Crippen LogP contribution in [0.4, 0.5) is 13.2 Å². The molecule has 7 heteroatoms. The van der Waals surface area contributed by atoms with Crippen LogP contribution in [0.1, 0.15) is 32.3 Å². The fourth-order valence-corrected chi connectivity index (χ4v) is 3.28. The molecular formula is C17H23F3N2O2. The van der Waals surface area contributed by atoms with E-state index in [1.165, 1.54) is 19.1 Å². The average Bonchev–Trinajstić information content (AvgIpc) is 2.81. The second-order valence-corrected chi connectivity index (χ2v) is 6.21. The lowest BCUT2D eigenvalue weighted by Gasteiger charge is -2.19. The van der Waals surface area contributed by atoms with Crippen molar-refractivity contribution in [1.29, 1.82) is 0 Å². The lowest BCUT2D eigenvalue weighted by atomic mass is 9.98. The van der Waals surface area contributed by atoms with Crippen molar-refractivity contribution in [3.05, 3.63) is 29.8 Å². The Balaban J connectivity index is 2.07. The van der Waals surface area contributed by atoms with Gasteiger partial charge in [0.25, 0.3) is 0 Å². The van der Waals surface area contributed by atoms with E-state index in [2.05, 4.69) is 21.9 Å². The molecule has 1 aromatic carbocycles. The van der Waals surface area contributed by atoms with Gasteiger partial charge in [0.2, 0.25) is 5.91 Å². The molecule has 4 nitrogen and oxygen atoms in total. The number of nitrogens with one attached hydrogen (secondary N) is 1. The number of halogens is 3. The molecule has 24 heavy (non-hydrogen) atoms. The molecule has 2 unspecified atom stereocenters. The third kappa shape index (κ3) is 5.40. The van der Waals surface area contributed by atoms with Crippen LogP contribution < -0.4 is 10.1 Å². The van der Waals surface area contributed by atoms with Gasteiger partial charge in [-0.1, -0.05) is 31.5 Å². The van der Waals surface area contributed by atoms with Crippen molar-refractivity contribution >= 4 is 5.91 Å². The van der Waals surface area contributed by atoms with Crippen molar-refractivity contribution in [2.45, 2.75) is 45.6 Å². The predicted molar refractivity (Wildman–Crippen MR) is 84.4 cm³/mol. The van der Waals surface area contributed by atoms with Crippen molar-refractivity contribution in [2.24, 2.45) is 5.92 Å². The van der Waals surface area contributed by atoms with Crippen LogP contribution >= 0.6 is 0 Å². The third-order valence-corrected chi connectivity index (χ3v) is 4.16. The molecule has 1 N–H and O–H groups in total. The summed E-state index contributed by atoms with van der Waals surface area (Å²) in [6, 6.07) is 6.23. The van der Waals surface area contributed by atoms with E-state index in [0.29, 0.717) is 24.6 Å². The minimum Gasteiger partial charge on any atom is -0.405 e. The lowest BCUT2D eigenvalue weighted by Crippen LogP contribution is -2.39. The molecule has 134 valence electrons. The maximum Gasteiger partial charge on any atom is 0.573 e. The Kier molecular flexibility index (Phi) is 6.10. The van der Waals surface area contributed by atoms with Gasteiger partial charge in [-0.3, -0.25) is 9.69 Å². The molecule has 0 bridgehead atoms. The topological polar surface area (TPSA) is 41.6 Å². The number of hydrogen-bond acceptors (Lipinski definition) is 3. The number of hydrogen-bond donors (Lipinski definition) is 1. The molecule has 2 atom stereocenters. The molecule has 0 spiro atoms. The fourth-order valence-electron chi connectivity index (χ4n) is 3.28. The monoisotopic (exact) mass is 344 g/mol. The second-order valence-electron chi connectivity index (χ2n) is 6.21. The standard InChI is InChI=1S/C17H23F3N2O2/c1-3-6-13-9-22(11-15(13)21-12(2)23)10-14-7-4-5-8-16(14)24-17(18,19)20/h4-5,7-8,13,15H,3,6,9-11H2,1-2H3,(H,21,23). The Labute approximate surface area is 140 Å². The average molecular weight is 344 g/mol. The Bertz CT molecular complexity index is 563. The second kappa shape index (κ2) is 7.88. The molecule has 1 aliphatic heterocycles. The van der Waals surface area contributed by atoms with Crippen molar-refractivity contribution in [3.63, 3.8) is 0 Å². The first-order valence-electron chi connectivity index (χ1n) is 8.11. The largest absolute Gasteiger partial charge is 0.573 e. The highest BCUT2D eigenvalue weighted by Gasteiger charge is 2.34. The van der Waals surface area contributed by atoms with Crippen LogP contribution in [0.3, 0.4) is 0 Å². The molecule has 1 aromatic rings. The van der Waals surface area contributed by atoms with E-state index in [4.69, 9.17) is 0 Å². The highest BCUT2D eigenvalue weighted by atomic mass is 19.4. The zero-order valence-electron chi connectivity index (χ0n) is 13.9. The van der Waals surface area contributed by atoms with Crippen molar-refractivity contribution in [3.8, 4) is 5.75 Å². The molecule has 1 heterocycles. The number of alkyl halides is 3. The van der Waals surface area contributed by atoms with Crippen LogP contribution in [-0.2, 0) is 11.3 Å². The van der Waals surface area contributed by atoms with Crippen molar-refractivity contribution in [2.75, 3.05) is 13.1 Å². The predicted octanol–water partition coefficient (Wildman–Crippen LogP) is 3.32. The highest BCUT2D eigenvalue weighted by Crippen LogP contribution is 2.29. The SMILES string of the molecule is CCCC1CN(Cc2ccccc2OC(F)(F)F)CC1NC(C)=O. The number of ether oxygens (including phenoxy) is 1. The minimum absolute atomic E-state index is 0.0400. The van der Waals surface area contributed by atoms with Gasteiger partial charge in [-0.15, -0.1) is 13.2 Å². The number of likely N-dealkylation sites (tertiary alicyclic amines) is 1. The van der Waals surface area contributed by atoms with E-state index >= 15 is 0 Å². The summed E-state index contributed by atoms with van der Waals surface area (Å²) < 4.78 is 41.7. The van der Waals surface area contributed by atoms with E-state index in [-0.39, 0.29) is 17.7 Å². The summed E-state index contributed by atoms with van der Waals surface area (Å²) in [4.78, 5) is 13.4. The van der Waals surface area contributed by atoms with Crippen LogP contribution in [0.15, 0.2) is 24.3 Å². The van der Waals surface area contributed by atoms with E-state index in [1.807, 2.05) is 0 Å². The van der Waals surface area contributed by atoms with Gasteiger partial charge in [0, 0.05) is 38.2 Å². The third-order valence-electron chi connectivity index (χ3n) is 4.16. The first-order chi connectivity index (χ1) is 11.3. The molecule has 0 aliphatic carbocycles. The van der Waals surface area contributed by atoms with Gasteiger partial charge in [0.05, 0.1) is 0 Å². The van der Waals surface area contributed by atoms with Crippen LogP contribution in [0.2, 0.25) is 0 Å². The maximum atomic E-state index is 12.5. The number of nitrogens with zero attached hydrogens (tertiary/aromatic N) is 1. The summed E-state index contributed by atoms with van der Waals surface area (Å²) in [5.41, 5.74) is 0.494. The Hall–Kier alpha value is -1.76. The first-order valence-corrected chi connectivity index (χ1v) is 8.11. The maximum absolute atomic E-state index is 12.5. The van der Waals surface area contributed by atoms with Crippen LogP contribution in [0.5, 0.6) is 5.75 Å². The first kappa shape index (κ1) is 18.6. The summed E-state index contributed by atoms with van der Waals surface area (Å²) in [6.07, 6.45) is -2.73. The van der Waals surface area contributed by atoms with Crippen LogP contribution in [-0.4, -0.2) is 36.3 Å². The zero-order chi connectivity index (χ0) is 17.7. The van der Waals surface area contributed by atoms with Gasteiger partial charge in [-0.2, -0.15) is 0 Å². The van der Waals surface area contributed by atoms with E-state index < -0.39 is 6.36 Å². The summed E-state index contributed by atoms with van der Waals surface area (Å²) in [6.45, 7) is 5.31. The van der Waals surface area contributed by atoms with Gasteiger partial charge in [0.1, 0.15) is 5.75 Å². The molecule has 0 radical (unpaired) electrons. The number of carbonyl (C=O) groups is 1. The summed E-state index contributed by atoms with van der Waals surface area (Å²) in [5, 5.41) is 2.95. The van der Waals surface area contributed by atoms with E-state index in [0.717, 1.165) is 19.4 Å². The Morgan fingerprint density at radius 2 is 2.04 bits per heavy atom. The Morgan fingerprint density at radius 3 is 2.67 bits per heavy atom. The molecule has 1 saturated heterocycles. The summed E-state index contributed by atoms with van der Waals surface area (Å²) >= 11 is 0. The quantitative estimate of drug-likeness (QED) is 0.861. The van der Waals surface area contributed by atoms with Gasteiger partial charge in [-0.25, -0.2) is 0 Å². The van der Waals surface area contributed by atoms with Crippen molar-refractivity contribution in [1.82, 2.24) is 10.2 Å². The number of carbonyl (C=O) groups excluding carboxylic acids is 1. The molecular weight excluding hydrogens is 321 g/mol. The van der Waals surface area contributed by atoms with Crippen LogP contribution in [0.25, 0.3) is 0 Å². The smallest absolute Gasteiger partial charge is 0.405 e. The van der Waals surface area contributed by atoms with Gasteiger partial charge in [-0.05, 0) is 18.4 Å². The van der Waals surface area contributed by atoms with E-state index in [9.17, 15) is 18.0 Å². The summed E-state index contributed by atoms with van der Waals surface area (Å²) in [7, 11) is 0. The van der Waals surface area contributed by atoms with Gasteiger partial charge >= 0.3 is 6.36 Å². The van der Waals surface area contributed by atoms with Gasteiger partial charge in [0.15, 0.2) is 0 Å². The normalized spacial score (nSPS) is 21.7. The number of amides is 1. The Morgan fingerprint density at radius 1 is 1.33 bits per heavy atom. The molecule has 1 aliphatic rings. The molecule has 1 fully saturated rings. The highest BCUT2D eigenvalue weighted by molar-refractivity contribution is 5.73. The number of para-hydroxylation sites is 1. The molecule has 0 aromatic heterocycles. The minimum atomic E-state index is -4.70. The molecule has 2 rings (SSSR count). The summed E-state index contributed by atoms with van der Waals surface area (Å²) in [5.74, 6) is 0.0679. The fraction of sp³-hybridized carbons (Fsp3) is 0.588. The number of rotatable bonds is 6. The van der Waals surface area contributed by atoms with Crippen molar-refractivity contribution < 1.29 is 22.7 Å². The number of benzene rings is 1. The van der Waals surface area contributed by atoms with Gasteiger partial charge < -0.3 is 10.1 Å². The molecule has 0 saturated carbocycles. The van der Waals surface area contributed by atoms with Crippen LogP contribution in [0, 0.1) is 5.92 Å². The zero-order valence-corrected chi connectivity index (χ0v) is 13.9. The van der Waals surface area contributed by atoms with E-state index in [1.54, 1.807) is 12.1 Å².